The van der Waals surface area contributed by atoms with E-state index in [0.717, 1.165) is 8.69 Å². The molecule has 1 aliphatic rings. The Bertz CT molecular complexity index is 377. The van der Waals surface area contributed by atoms with Gasteiger partial charge in [0.05, 0.1) is 21.5 Å². The maximum absolute atomic E-state index is 11.5. The molecule has 0 saturated carbocycles. The van der Waals surface area contributed by atoms with Crippen molar-refractivity contribution in [3.63, 3.8) is 0 Å². The quantitative estimate of drug-likeness (QED) is 0.737. The van der Waals surface area contributed by atoms with Crippen LogP contribution in [-0.4, -0.2) is 28.3 Å². The molecule has 2 amide bonds. The van der Waals surface area contributed by atoms with Crippen molar-refractivity contribution >= 4 is 56.0 Å². The number of anilines is 1. The van der Waals surface area contributed by atoms with Crippen molar-refractivity contribution in [3.8, 4) is 0 Å². The fourth-order valence-corrected chi connectivity index (χ4v) is 2.98. The number of rotatable bonds is 1. The molecule has 4 nitrogen and oxygen atoms in total. The summed E-state index contributed by atoms with van der Waals surface area (Å²) in [5.41, 5.74) is 0. The Morgan fingerprint density at radius 2 is 2.00 bits per heavy atom. The predicted octanol–water partition coefficient (Wildman–Crippen LogP) is 1.51. The summed E-state index contributed by atoms with van der Waals surface area (Å²) in [6.45, 7) is 0. The summed E-state index contributed by atoms with van der Waals surface area (Å²) in [6, 6.07) is 0. The summed E-state index contributed by atoms with van der Waals surface area (Å²) in [4.78, 5) is 28.0. The van der Waals surface area contributed by atoms with Crippen LogP contribution in [0.3, 0.4) is 0 Å². The van der Waals surface area contributed by atoms with Crippen LogP contribution in [0.1, 0.15) is 0 Å². The smallest absolute Gasteiger partial charge is 0.245 e. The van der Waals surface area contributed by atoms with Gasteiger partial charge in [-0.05, 0) is 15.9 Å². The van der Waals surface area contributed by atoms with Crippen molar-refractivity contribution < 1.29 is 9.59 Å². The van der Waals surface area contributed by atoms with Crippen LogP contribution in [0, 0.1) is 0 Å². The topological polar surface area (TPSA) is 50.3 Å². The minimum absolute atomic E-state index is 0.187. The van der Waals surface area contributed by atoms with E-state index in [1.807, 2.05) is 0 Å². The molecule has 0 unspecified atom stereocenters. The number of thioether (sulfide) groups is 1. The number of hydrogen-bond acceptors (Lipinski definition) is 5. The molecule has 0 radical (unpaired) electrons. The molecular formula is C7H5BrN2O2S2. The molecule has 1 aromatic heterocycles. The molecule has 0 spiro atoms. The van der Waals surface area contributed by atoms with Crippen molar-refractivity contribution in [2.45, 2.75) is 0 Å². The third-order valence-corrected chi connectivity index (χ3v) is 3.97. The van der Waals surface area contributed by atoms with E-state index in [4.69, 9.17) is 0 Å². The third kappa shape index (κ3) is 1.84. The SMILES string of the molecule is O=C1CSCC(=O)N1c1ncc(Br)s1. The molecule has 14 heavy (non-hydrogen) atoms. The molecule has 0 atom stereocenters. The second kappa shape index (κ2) is 4.00. The fraction of sp³-hybridized carbons (Fsp3) is 0.286. The van der Waals surface area contributed by atoms with E-state index in [1.54, 1.807) is 6.20 Å². The highest BCUT2D eigenvalue weighted by atomic mass is 79.9. The minimum Gasteiger partial charge on any atom is -0.273 e. The minimum atomic E-state index is -0.187. The molecule has 0 aliphatic carbocycles. The Morgan fingerprint density at radius 1 is 1.36 bits per heavy atom. The van der Waals surface area contributed by atoms with E-state index in [0.29, 0.717) is 16.6 Å². The number of aromatic nitrogens is 1. The number of halogens is 1. The van der Waals surface area contributed by atoms with Gasteiger partial charge in [0.25, 0.3) is 0 Å². The second-order valence-electron chi connectivity index (χ2n) is 2.56. The van der Waals surface area contributed by atoms with Crippen LogP contribution in [0.4, 0.5) is 5.13 Å². The number of nitrogens with zero attached hydrogens (tertiary/aromatic N) is 2. The van der Waals surface area contributed by atoms with Crippen LogP contribution < -0.4 is 4.90 Å². The van der Waals surface area contributed by atoms with Crippen LogP contribution >= 0.6 is 39.0 Å². The number of thiazole rings is 1. The van der Waals surface area contributed by atoms with E-state index < -0.39 is 0 Å². The van der Waals surface area contributed by atoms with Gasteiger partial charge in [0.15, 0.2) is 5.13 Å². The normalized spacial score (nSPS) is 17.6. The Labute approximate surface area is 96.8 Å². The van der Waals surface area contributed by atoms with Crippen LogP contribution in [0.2, 0.25) is 0 Å². The number of carbonyl (C=O) groups excluding carboxylic acids is 2. The maximum atomic E-state index is 11.5. The molecule has 1 saturated heterocycles. The molecule has 1 aromatic rings. The van der Waals surface area contributed by atoms with Crippen molar-refractivity contribution in [2.24, 2.45) is 0 Å². The highest BCUT2D eigenvalue weighted by molar-refractivity contribution is 9.11. The van der Waals surface area contributed by atoms with Gasteiger partial charge >= 0.3 is 0 Å². The van der Waals surface area contributed by atoms with E-state index in [1.165, 1.54) is 23.1 Å². The lowest BCUT2D eigenvalue weighted by Crippen LogP contribution is -2.43. The molecule has 74 valence electrons. The standard InChI is InChI=1S/C7H5BrN2O2S2/c8-4-1-9-7(14-4)10-5(11)2-13-3-6(10)12/h1H,2-3H2. The molecule has 0 N–H and O–H groups in total. The summed E-state index contributed by atoms with van der Waals surface area (Å²) < 4.78 is 0.811. The van der Waals surface area contributed by atoms with Gasteiger partial charge in [-0.3, -0.25) is 9.59 Å². The lowest BCUT2D eigenvalue weighted by molar-refractivity contribution is -0.124. The average Bonchev–Trinajstić information content (AvgIpc) is 2.51. The maximum Gasteiger partial charge on any atom is 0.245 e. The van der Waals surface area contributed by atoms with Crippen LogP contribution in [-0.2, 0) is 9.59 Å². The fourth-order valence-electron chi connectivity index (χ4n) is 1.06. The third-order valence-electron chi connectivity index (χ3n) is 1.61. The Kier molecular flexibility index (Phi) is 2.89. The van der Waals surface area contributed by atoms with Crippen LogP contribution in [0.15, 0.2) is 9.98 Å². The van der Waals surface area contributed by atoms with Gasteiger partial charge in [0.2, 0.25) is 11.8 Å². The van der Waals surface area contributed by atoms with Crippen molar-refractivity contribution in [3.05, 3.63) is 9.98 Å². The lowest BCUT2D eigenvalue weighted by Gasteiger charge is -2.21. The average molecular weight is 293 g/mol. The van der Waals surface area contributed by atoms with E-state index in [-0.39, 0.29) is 11.8 Å². The summed E-state index contributed by atoms with van der Waals surface area (Å²) >= 11 is 5.86. The van der Waals surface area contributed by atoms with Crippen LogP contribution in [0.25, 0.3) is 0 Å². The number of hydrogen-bond donors (Lipinski definition) is 0. The molecule has 1 aliphatic heterocycles. The molecule has 1 fully saturated rings. The van der Waals surface area contributed by atoms with Gasteiger partial charge in [-0.2, -0.15) is 0 Å². The first-order valence-electron chi connectivity index (χ1n) is 3.73. The Hall–Kier alpha value is -0.400. The highest BCUT2D eigenvalue weighted by Crippen LogP contribution is 2.29. The molecule has 0 bridgehead atoms. The zero-order valence-corrected chi connectivity index (χ0v) is 10.1. The van der Waals surface area contributed by atoms with E-state index in [2.05, 4.69) is 20.9 Å². The zero-order valence-electron chi connectivity index (χ0n) is 6.90. The second-order valence-corrected chi connectivity index (χ2v) is 5.94. The van der Waals surface area contributed by atoms with Crippen molar-refractivity contribution in [1.82, 2.24) is 4.98 Å². The van der Waals surface area contributed by atoms with Crippen LogP contribution in [0.5, 0.6) is 0 Å². The van der Waals surface area contributed by atoms with Gasteiger partial charge in [0, 0.05) is 0 Å². The summed E-state index contributed by atoms with van der Waals surface area (Å²) in [5, 5.41) is 0.451. The molecule has 2 rings (SSSR count). The monoisotopic (exact) mass is 292 g/mol. The lowest BCUT2D eigenvalue weighted by atomic mass is 10.5. The largest absolute Gasteiger partial charge is 0.273 e. The van der Waals surface area contributed by atoms with E-state index in [9.17, 15) is 9.59 Å². The number of amides is 2. The van der Waals surface area contributed by atoms with Crippen molar-refractivity contribution in [2.75, 3.05) is 16.4 Å². The molecule has 7 heteroatoms. The Balaban J connectivity index is 2.31. The van der Waals surface area contributed by atoms with Gasteiger partial charge in [0.1, 0.15) is 0 Å². The summed E-state index contributed by atoms with van der Waals surface area (Å²) in [6.07, 6.45) is 1.59. The first kappa shape index (κ1) is 10.1. The molecule has 0 aromatic carbocycles. The zero-order chi connectivity index (χ0) is 10.1. The first-order valence-corrected chi connectivity index (χ1v) is 6.50. The van der Waals surface area contributed by atoms with Crippen molar-refractivity contribution in [1.29, 1.82) is 0 Å². The molecule has 2 heterocycles. The predicted molar refractivity (Wildman–Crippen MR) is 59.6 cm³/mol. The first-order chi connectivity index (χ1) is 6.68. The van der Waals surface area contributed by atoms with Gasteiger partial charge in [-0.1, -0.05) is 11.3 Å². The van der Waals surface area contributed by atoms with Gasteiger partial charge < -0.3 is 0 Å². The number of carbonyl (C=O) groups is 2. The van der Waals surface area contributed by atoms with Gasteiger partial charge in [-0.25, -0.2) is 9.88 Å². The Morgan fingerprint density at radius 3 is 2.50 bits per heavy atom. The van der Waals surface area contributed by atoms with Gasteiger partial charge in [-0.15, -0.1) is 11.8 Å². The summed E-state index contributed by atoms with van der Waals surface area (Å²) in [5.74, 6) is 0.326. The molecular weight excluding hydrogens is 288 g/mol. The van der Waals surface area contributed by atoms with E-state index >= 15 is 0 Å². The number of imide groups is 1. The highest BCUT2D eigenvalue weighted by Gasteiger charge is 2.29. The summed E-state index contributed by atoms with van der Waals surface area (Å²) in [7, 11) is 0.